The summed E-state index contributed by atoms with van der Waals surface area (Å²) in [5, 5.41) is 23.9. The fourth-order valence-corrected chi connectivity index (χ4v) is 3.03. The minimum atomic E-state index is -0.559. The smallest absolute Gasteiger partial charge is 0.165 e. The molecule has 1 atom stereocenters. The molecule has 0 bridgehead atoms. The summed E-state index contributed by atoms with van der Waals surface area (Å²) in [6, 6.07) is 10.9. The van der Waals surface area contributed by atoms with Crippen molar-refractivity contribution in [3.8, 4) is 5.75 Å². The van der Waals surface area contributed by atoms with Gasteiger partial charge in [0.2, 0.25) is 0 Å². The standard InChI is InChI=1S/C10H14FNO.C8H5FOS/c1-12-7-10(13)6-8-3-2-4-9(11)5-8;9-6-1-2-7-5(8(6)10)3-4-11-7/h2-5,10,12-13H,6-7H2,1H3;1-4,10H. The van der Waals surface area contributed by atoms with E-state index in [1.165, 1.54) is 29.5 Å². The summed E-state index contributed by atoms with van der Waals surface area (Å²) in [7, 11) is 1.77. The predicted molar refractivity (Wildman–Crippen MR) is 93.5 cm³/mol. The number of thiophene rings is 1. The molecule has 1 aromatic heterocycles. The molecule has 0 fully saturated rings. The van der Waals surface area contributed by atoms with E-state index in [4.69, 9.17) is 0 Å². The summed E-state index contributed by atoms with van der Waals surface area (Å²) < 4.78 is 26.3. The highest BCUT2D eigenvalue weighted by molar-refractivity contribution is 7.17. The van der Waals surface area contributed by atoms with E-state index in [9.17, 15) is 19.0 Å². The van der Waals surface area contributed by atoms with E-state index >= 15 is 0 Å². The van der Waals surface area contributed by atoms with Crippen LogP contribution in [0.1, 0.15) is 5.56 Å². The third kappa shape index (κ3) is 4.99. The molecule has 0 aliphatic carbocycles. The molecule has 0 aliphatic rings. The van der Waals surface area contributed by atoms with Gasteiger partial charge in [0, 0.05) is 16.6 Å². The lowest BCUT2D eigenvalue weighted by Gasteiger charge is -2.09. The van der Waals surface area contributed by atoms with Crippen LogP contribution in [0.15, 0.2) is 47.8 Å². The second kappa shape index (κ2) is 8.73. The van der Waals surface area contributed by atoms with E-state index in [-0.39, 0.29) is 11.6 Å². The Morgan fingerprint density at radius 2 is 1.96 bits per heavy atom. The average molecular weight is 351 g/mol. The zero-order valence-corrected chi connectivity index (χ0v) is 14.0. The normalized spacial score (nSPS) is 11.8. The molecule has 0 saturated carbocycles. The van der Waals surface area contributed by atoms with Crippen molar-refractivity contribution in [1.29, 1.82) is 0 Å². The fraction of sp³-hybridized carbons (Fsp3) is 0.222. The van der Waals surface area contributed by atoms with Gasteiger partial charge in [-0.05, 0) is 54.7 Å². The third-order valence-electron chi connectivity index (χ3n) is 3.36. The molecule has 0 aliphatic heterocycles. The molecule has 1 unspecified atom stereocenters. The van der Waals surface area contributed by atoms with Crippen LogP contribution in [0.25, 0.3) is 10.1 Å². The summed E-state index contributed by atoms with van der Waals surface area (Å²) in [5.74, 6) is -1.06. The van der Waals surface area contributed by atoms with Crippen molar-refractivity contribution in [1.82, 2.24) is 5.32 Å². The third-order valence-corrected chi connectivity index (χ3v) is 4.24. The second-order valence-electron chi connectivity index (χ2n) is 5.27. The SMILES string of the molecule is CNCC(O)Cc1cccc(F)c1.Oc1c(F)ccc2sccc12. The summed E-state index contributed by atoms with van der Waals surface area (Å²) >= 11 is 1.48. The molecule has 6 heteroatoms. The molecule has 24 heavy (non-hydrogen) atoms. The minimum absolute atomic E-state index is 0.247. The van der Waals surface area contributed by atoms with Crippen LogP contribution in [-0.4, -0.2) is 29.9 Å². The van der Waals surface area contributed by atoms with E-state index < -0.39 is 11.9 Å². The number of hydrogen-bond donors (Lipinski definition) is 3. The second-order valence-corrected chi connectivity index (χ2v) is 6.22. The zero-order chi connectivity index (χ0) is 17.5. The van der Waals surface area contributed by atoms with Crippen molar-refractivity contribution >= 4 is 21.4 Å². The molecule has 3 N–H and O–H groups in total. The van der Waals surface area contributed by atoms with Crippen molar-refractivity contribution in [2.24, 2.45) is 0 Å². The van der Waals surface area contributed by atoms with Crippen LogP contribution in [0, 0.1) is 11.6 Å². The molecule has 3 nitrogen and oxygen atoms in total. The first-order valence-electron chi connectivity index (χ1n) is 7.43. The first-order valence-corrected chi connectivity index (χ1v) is 8.31. The van der Waals surface area contributed by atoms with Crippen LogP contribution in [0.2, 0.25) is 0 Å². The van der Waals surface area contributed by atoms with Crippen LogP contribution in [-0.2, 0) is 6.42 Å². The van der Waals surface area contributed by atoms with Gasteiger partial charge in [0.05, 0.1) is 6.10 Å². The number of nitrogens with one attached hydrogen (secondary N) is 1. The monoisotopic (exact) mass is 351 g/mol. The van der Waals surface area contributed by atoms with Gasteiger partial charge in [-0.1, -0.05) is 12.1 Å². The molecule has 3 aromatic rings. The Hall–Kier alpha value is -2.02. The number of halogens is 2. The van der Waals surface area contributed by atoms with Gasteiger partial charge in [-0.25, -0.2) is 8.78 Å². The lowest BCUT2D eigenvalue weighted by atomic mass is 10.1. The number of fused-ring (bicyclic) bond motifs is 1. The lowest BCUT2D eigenvalue weighted by Crippen LogP contribution is -2.25. The number of hydrogen-bond acceptors (Lipinski definition) is 4. The Morgan fingerprint density at radius 3 is 2.67 bits per heavy atom. The average Bonchev–Trinajstić information content (AvgIpc) is 3.01. The highest BCUT2D eigenvalue weighted by Crippen LogP contribution is 2.30. The Bertz CT molecular complexity index is 792. The van der Waals surface area contributed by atoms with Crippen molar-refractivity contribution in [3.63, 3.8) is 0 Å². The Kier molecular flexibility index (Phi) is 6.66. The number of aromatic hydroxyl groups is 1. The summed E-state index contributed by atoms with van der Waals surface area (Å²) in [6.45, 7) is 0.524. The maximum atomic E-state index is 12.7. The number of phenols is 1. The molecule has 0 radical (unpaired) electrons. The predicted octanol–water partition coefficient (Wildman–Crippen LogP) is 3.69. The van der Waals surface area contributed by atoms with E-state index in [0.717, 1.165) is 10.3 Å². The molecule has 2 aromatic carbocycles. The molecule has 1 heterocycles. The minimum Gasteiger partial charge on any atom is -0.504 e. The molecule has 3 rings (SSSR count). The van der Waals surface area contributed by atoms with Crippen molar-refractivity contribution in [2.45, 2.75) is 12.5 Å². The molecular formula is C18H19F2NO2S. The van der Waals surface area contributed by atoms with Crippen molar-refractivity contribution in [2.75, 3.05) is 13.6 Å². The first-order chi connectivity index (χ1) is 11.5. The van der Waals surface area contributed by atoms with Gasteiger partial charge in [0.1, 0.15) is 5.82 Å². The number of benzene rings is 2. The molecular weight excluding hydrogens is 332 g/mol. The van der Waals surface area contributed by atoms with Gasteiger partial charge in [-0.3, -0.25) is 0 Å². The van der Waals surface area contributed by atoms with Gasteiger partial charge in [0.25, 0.3) is 0 Å². The van der Waals surface area contributed by atoms with E-state index in [2.05, 4.69) is 5.32 Å². The van der Waals surface area contributed by atoms with Crippen LogP contribution >= 0.6 is 11.3 Å². The van der Waals surface area contributed by atoms with Crippen LogP contribution in [0.3, 0.4) is 0 Å². The largest absolute Gasteiger partial charge is 0.504 e. The van der Waals surface area contributed by atoms with Crippen molar-refractivity contribution in [3.05, 3.63) is 65.0 Å². The van der Waals surface area contributed by atoms with Gasteiger partial charge in [-0.15, -0.1) is 11.3 Å². The summed E-state index contributed by atoms with van der Waals surface area (Å²) in [5.41, 5.74) is 0.822. The van der Waals surface area contributed by atoms with Gasteiger partial charge in [-0.2, -0.15) is 0 Å². The Labute approximate surface area is 143 Å². The molecule has 0 saturated heterocycles. The van der Waals surface area contributed by atoms with E-state index in [0.29, 0.717) is 18.4 Å². The van der Waals surface area contributed by atoms with Gasteiger partial charge in [0.15, 0.2) is 11.6 Å². The van der Waals surface area contributed by atoms with Crippen molar-refractivity contribution < 1.29 is 19.0 Å². The van der Waals surface area contributed by atoms with E-state index in [1.54, 1.807) is 25.2 Å². The highest BCUT2D eigenvalue weighted by Gasteiger charge is 2.05. The molecule has 0 spiro atoms. The Morgan fingerprint density at radius 1 is 1.17 bits per heavy atom. The summed E-state index contributed by atoms with van der Waals surface area (Å²) in [4.78, 5) is 0. The Balaban J connectivity index is 0.000000175. The number of likely N-dealkylation sites (N-methyl/N-ethyl adjacent to an activating group) is 1. The maximum Gasteiger partial charge on any atom is 0.165 e. The quantitative estimate of drug-likeness (QED) is 0.672. The highest BCUT2D eigenvalue weighted by atomic mass is 32.1. The molecule has 128 valence electrons. The van der Waals surface area contributed by atoms with Crippen LogP contribution in [0.5, 0.6) is 5.75 Å². The van der Waals surface area contributed by atoms with Crippen LogP contribution in [0.4, 0.5) is 8.78 Å². The summed E-state index contributed by atoms with van der Waals surface area (Å²) in [6.07, 6.45) is 0.0327. The zero-order valence-electron chi connectivity index (χ0n) is 13.2. The molecule has 0 amide bonds. The van der Waals surface area contributed by atoms with Gasteiger partial charge >= 0.3 is 0 Å². The van der Waals surface area contributed by atoms with Gasteiger partial charge < -0.3 is 15.5 Å². The number of aliphatic hydroxyl groups is 1. The maximum absolute atomic E-state index is 12.7. The first kappa shape index (κ1) is 18.3. The lowest BCUT2D eigenvalue weighted by molar-refractivity contribution is 0.174. The van der Waals surface area contributed by atoms with Crippen LogP contribution < -0.4 is 5.32 Å². The topological polar surface area (TPSA) is 52.5 Å². The fourth-order valence-electron chi connectivity index (χ4n) is 2.25. The number of rotatable bonds is 4. The number of aliphatic hydroxyl groups excluding tert-OH is 1. The number of phenolic OH excluding ortho intramolecular Hbond substituents is 1. The van der Waals surface area contributed by atoms with E-state index in [1.807, 2.05) is 11.4 Å².